The summed E-state index contributed by atoms with van der Waals surface area (Å²) in [6.07, 6.45) is 3.50. The first-order chi connectivity index (χ1) is 7.69. The van der Waals surface area contributed by atoms with Crippen molar-refractivity contribution in [2.24, 2.45) is 0 Å². The van der Waals surface area contributed by atoms with Gasteiger partial charge in [0.15, 0.2) is 11.6 Å². The first-order valence-corrected chi connectivity index (χ1v) is 5.48. The summed E-state index contributed by atoms with van der Waals surface area (Å²) in [6, 6.07) is 4.10. The Morgan fingerprint density at radius 1 is 1.38 bits per heavy atom. The molecule has 0 aliphatic carbocycles. The Hall–Kier alpha value is -1.22. The highest BCUT2D eigenvalue weighted by atomic mass is 19.2. The van der Waals surface area contributed by atoms with Gasteiger partial charge in [-0.2, -0.15) is 0 Å². The number of nitrogens with one attached hydrogen (secondary N) is 1. The lowest BCUT2D eigenvalue weighted by Gasteiger charge is -2.17. The van der Waals surface area contributed by atoms with Crippen molar-refractivity contribution in [1.29, 1.82) is 0 Å². The topological polar surface area (TPSA) is 12.0 Å². The lowest BCUT2D eigenvalue weighted by atomic mass is 10.0. The Morgan fingerprint density at radius 3 is 2.69 bits per heavy atom. The summed E-state index contributed by atoms with van der Waals surface area (Å²) >= 11 is 0. The molecular formula is C13H17F2N. The monoisotopic (exact) mass is 225 g/mol. The molecule has 1 unspecified atom stereocenters. The third kappa shape index (κ3) is 3.42. The summed E-state index contributed by atoms with van der Waals surface area (Å²) in [7, 11) is 0. The second-order valence-electron chi connectivity index (χ2n) is 3.65. The second-order valence-corrected chi connectivity index (χ2v) is 3.65. The van der Waals surface area contributed by atoms with E-state index in [4.69, 9.17) is 0 Å². The Morgan fingerprint density at radius 2 is 2.12 bits per heavy atom. The molecule has 0 spiro atoms. The third-order valence-corrected chi connectivity index (χ3v) is 2.46. The predicted molar refractivity (Wildman–Crippen MR) is 62.2 cm³/mol. The lowest BCUT2D eigenvalue weighted by Crippen LogP contribution is -2.20. The van der Waals surface area contributed by atoms with Gasteiger partial charge in [-0.1, -0.05) is 19.1 Å². The Labute approximate surface area is 95.2 Å². The maximum Gasteiger partial charge on any atom is 0.159 e. The van der Waals surface area contributed by atoms with Gasteiger partial charge in [0, 0.05) is 6.04 Å². The molecule has 3 heteroatoms. The molecule has 0 aliphatic heterocycles. The number of hydrogen-bond donors (Lipinski definition) is 1. The molecule has 1 aromatic carbocycles. The van der Waals surface area contributed by atoms with Gasteiger partial charge >= 0.3 is 0 Å². The number of halogens is 2. The van der Waals surface area contributed by atoms with E-state index in [0.29, 0.717) is 0 Å². The molecule has 1 rings (SSSR count). The molecule has 0 aliphatic rings. The molecule has 0 aromatic heterocycles. The first-order valence-electron chi connectivity index (χ1n) is 5.48. The van der Waals surface area contributed by atoms with Gasteiger partial charge in [-0.05, 0) is 37.1 Å². The van der Waals surface area contributed by atoms with E-state index in [1.807, 2.05) is 13.0 Å². The standard InChI is InChI=1S/C13H17F2N/c1-3-5-6-13(16-4-2)10-7-8-11(14)12(15)9-10/h3,7-9,13,16H,1,4-6H2,2H3. The molecule has 88 valence electrons. The SMILES string of the molecule is C=CCCC(NCC)c1ccc(F)c(F)c1. The highest BCUT2D eigenvalue weighted by Gasteiger charge is 2.11. The Kier molecular flexibility index (Phi) is 5.12. The van der Waals surface area contributed by atoms with E-state index in [1.54, 1.807) is 6.07 Å². The number of hydrogen-bond acceptors (Lipinski definition) is 1. The summed E-state index contributed by atoms with van der Waals surface area (Å²) in [4.78, 5) is 0. The lowest BCUT2D eigenvalue weighted by molar-refractivity contribution is 0.489. The van der Waals surface area contributed by atoms with Gasteiger partial charge in [0.05, 0.1) is 0 Å². The minimum absolute atomic E-state index is 0.0538. The summed E-state index contributed by atoms with van der Waals surface area (Å²) in [5.74, 6) is -1.60. The molecule has 0 amide bonds. The highest BCUT2D eigenvalue weighted by molar-refractivity contribution is 5.21. The van der Waals surface area contributed by atoms with Crippen LogP contribution in [0.2, 0.25) is 0 Å². The third-order valence-electron chi connectivity index (χ3n) is 2.46. The molecular weight excluding hydrogens is 208 g/mol. The minimum atomic E-state index is -0.803. The molecule has 0 radical (unpaired) electrons. The van der Waals surface area contributed by atoms with Crippen molar-refractivity contribution in [3.05, 3.63) is 48.1 Å². The summed E-state index contributed by atoms with van der Waals surface area (Å²) < 4.78 is 25.9. The molecule has 1 nitrogen and oxygen atoms in total. The van der Waals surface area contributed by atoms with Crippen LogP contribution in [0.1, 0.15) is 31.4 Å². The smallest absolute Gasteiger partial charge is 0.159 e. The molecule has 16 heavy (non-hydrogen) atoms. The molecule has 1 atom stereocenters. The zero-order valence-corrected chi connectivity index (χ0v) is 9.47. The predicted octanol–water partition coefficient (Wildman–Crippen LogP) is 3.58. The summed E-state index contributed by atoms with van der Waals surface area (Å²) in [5.41, 5.74) is 0.780. The van der Waals surface area contributed by atoms with Gasteiger partial charge in [0.1, 0.15) is 0 Å². The van der Waals surface area contributed by atoms with Crippen molar-refractivity contribution in [3.8, 4) is 0 Å². The fourth-order valence-electron chi connectivity index (χ4n) is 1.65. The van der Waals surface area contributed by atoms with Crippen LogP contribution in [0.15, 0.2) is 30.9 Å². The zero-order chi connectivity index (χ0) is 12.0. The van der Waals surface area contributed by atoms with E-state index in [1.165, 1.54) is 12.1 Å². The van der Waals surface area contributed by atoms with Gasteiger partial charge < -0.3 is 5.32 Å². The number of benzene rings is 1. The van der Waals surface area contributed by atoms with Crippen LogP contribution in [0.25, 0.3) is 0 Å². The average molecular weight is 225 g/mol. The maximum atomic E-state index is 13.1. The van der Waals surface area contributed by atoms with Crippen molar-refractivity contribution >= 4 is 0 Å². The van der Waals surface area contributed by atoms with Crippen LogP contribution in [0.5, 0.6) is 0 Å². The van der Waals surface area contributed by atoms with Crippen LogP contribution in [0, 0.1) is 11.6 Å². The van der Waals surface area contributed by atoms with Gasteiger partial charge in [-0.25, -0.2) is 8.78 Å². The largest absolute Gasteiger partial charge is 0.310 e. The molecule has 0 bridgehead atoms. The summed E-state index contributed by atoms with van der Waals surface area (Å²) in [5, 5.41) is 3.24. The van der Waals surface area contributed by atoms with Crippen LogP contribution in [-0.2, 0) is 0 Å². The number of allylic oxidation sites excluding steroid dienone is 1. The average Bonchev–Trinajstić information content (AvgIpc) is 2.28. The summed E-state index contributed by atoms with van der Waals surface area (Å²) in [6.45, 7) is 6.44. The van der Waals surface area contributed by atoms with E-state index in [2.05, 4.69) is 11.9 Å². The molecule has 1 aromatic rings. The molecule has 0 saturated carbocycles. The Bertz CT molecular complexity index is 350. The van der Waals surface area contributed by atoms with Gasteiger partial charge in [-0.15, -0.1) is 6.58 Å². The van der Waals surface area contributed by atoms with Gasteiger partial charge in [0.25, 0.3) is 0 Å². The van der Waals surface area contributed by atoms with Crippen molar-refractivity contribution in [2.45, 2.75) is 25.8 Å². The first kappa shape index (κ1) is 12.8. The fraction of sp³-hybridized carbons (Fsp3) is 0.385. The fourth-order valence-corrected chi connectivity index (χ4v) is 1.65. The second kappa shape index (κ2) is 6.38. The molecule has 1 N–H and O–H groups in total. The van der Waals surface area contributed by atoms with Gasteiger partial charge in [0.2, 0.25) is 0 Å². The van der Waals surface area contributed by atoms with Crippen molar-refractivity contribution in [1.82, 2.24) is 5.32 Å². The highest BCUT2D eigenvalue weighted by Crippen LogP contribution is 2.20. The number of rotatable bonds is 6. The van der Waals surface area contributed by atoms with E-state index in [0.717, 1.165) is 24.9 Å². The minimum Gasteiger partial charge on any atom is -0.310 e. The Balaban J connectivity index is 2.82. The zero-order valence-electron chi connectivity index (χ0n) is 9.47. The van der Waals surface area contributed by atoms with E-state index < -0.39 is 11.6 Å². The van der Waals surface area contributed by atoms with Crippen molar-refractivity contribution in [2.75, 3.05) is 6.54 Å². The van der Waals surface area contributed by atoms with Crippen molar-refractivity contribution in [3.63, 3.8) is 0 Å². The molecule has 0 fully saturated rings. The van der Waals surface area contributed by atoms with E-state index in [9.17, 15) is 8.78 Å². The maximum absolute atomic E-state index is 13.1. The van der Waals surface area contributed by atoms with Crippen LogP contribution in [0.4, 0.5) is 8.78 Å². The van der Waals surface area contributed by atoms with Crippen LogP contribution in [0.3, 0.4) is 0 Å². The van der Waals surface area contributed by atoms with Crippen LogP contribution in [-0.4, -0.2) is 6.54 Å². The molecule has 0 heterocycles. The van der Waals surface area contributed by atoms with Crippen molar-refractivity contribution < 1.29 is 8.78 Å². The van der Waals surface area contributed by atoms with E-state index in [-0.39, 0.29) is 6.04 Å². The van der Waals surface area contributed by atoms with Crippen LogP contribution >= 0.6 is 0 Å². The van der Waals surface area contributed by atoms with Crippen LogP contribution < -0.4 is 5.32 Å². The quantitative estimate of drug-likeness (QED) is 0.730. The van der Waals surface area contributed by atoms with Gasteiger partial charge in [-0.3, -0.25) is 0 Å². The normalized spacial score (nSPS) is 12.4. The van der Waals surface area contributed by atoms with E-state index >= 15 is 0 Å². The molecule has 0 saturated heterocycles.